The molecule has 0 aromatic heterocycles. The molecule has 0 bridgehead atoms. The molecule has 0 radical (unpaired) electrons. The van der Waals surface area contributed by atoms with Crippen molar-refractivity contribution in [2.75, 3.05) is 13.1 Å². The van der Waals surface area contributed by atoms with Gasteiger partial charge in [0.1, 0.15) is 5.84 Å². The first kappa shape index (κ1) is 11.2. The lowest BCUT2D eigenvalue weighted by Crippen LogP contribution is -2.32. The molecule has 0 aromatic rings. The van der Waals surface area contributed by atoms with E-state index in [0.717, 1.165) is 13.1 Å². The lowest BCUT2D eigenvalue weighted by atomic mass is 10.1. The maximum absolute atomic E-state index is 8.35. The van der Waals surface area contributed by atoms with Crippen molar-refractivity contribution in [3.8, 4) is 0 Å². The second-order valence-corrected chi connectivity index (χ2v) is 3.48. The molecule has 0 saturated carbocycles. The Bertz CT molecular complexity index is 145. The van der Waals surface area contributed by atoms with Gasteiger partial charge in [0.25, 0.3) is 0 Å². The van der Waals surface area contributed by atoms with Gasteiger partial charge in [-0.2, -0.15) is 0 Å². The van der Waals surface area contributed by atoms with E-state index in [0.29, 0.717) is 5.92 Å². The summed E-state index contributed by atoms with van der Waals surface area (Å²) in [5.74, 6) is 1.00. The predicted molar refractivity (Wildman–Crippen MR) is 50.3 cm³/mol. The first-order valence-corrected chi connectivity index (χ1v) is 4.26. The van der Waals surface area contributed by atoms with Gasteiger partial charge in [0, 0.05) is 12.5 Å². The molecule has 4 N–H and O–H groups in total. The lowest BCUT2D eigenvalue weighted by Gasteiger charge is -2.12. The Morgan fingerprint density at radius 3 is 2.42 bits per heavy atom. The average Bonchev–Trinajstić information content (AvgIpc) is 2.02. The molecule has 0 fully saturated rings. The molecular formula is C8H19N3O. The van der Waals surface area contributed by atoms with E-state index in [9.17, 15) is 0 Å². The highest BCUT2D eigenvalue weighted by Gasteiger charge is 2.06. The number of nitrogens with two attached hydrogens (primary N) is 1. The van der Waals surface area contributed by atoms with Crippen molar-refractivity contribution in [2.45, 2.75) is 20.8 Å². The lowest BCUT2D eigenvalue weighted by molar-refractivity contribution is 0.314. The second kappa shape index (κ2) is 5.83. The Labute approximate surface area is 73.8 Å². The third-order valence-electron chi connectivity index (χ3n) is 1.62. The van der Waals surface area contributed by atoms with Crippen molar-refractivity contribution >= 4 is 5.84 Å². The zero-order valence-electron chi connectivity index (χ0n) is 8.04. The summed E-state index contributed by atoms with van der Waals surface area (Å²) in [5.41, 5.74) is 5.39. The molecule has 0 spiro atoms. The van der Waals surface area contributed by atoms with E-state index in [4.69, 9.17) is 10.9 Å². The van der Waals surface area contributed by atoms with E-state index in [-0.39, 0.29) is 11.8 Å². The minimum absolute atomic E-state index is 0.0914. The van der Waals surface area contributed by atoms with E-state index < -0.39 is 0 Å². The summed E-state index contributed by atoms with van der Waals surface area (Å²) >= 11 is 0. The molecular weight excluding hydrogens is 154 g/mol. The molecule has 72 valence electrons. The standard InChI is InChI=1S/C8H19N3O/c1-6(2)4-10-5-7(3)8(9)11-12/h6-7,10,12H,4-5H2,1-3H3,(H2,9,11). The van der Waals surface area contributed by atoms with Crippen LogP contribution in [0.4, 0.5) is 0 Å². The third kappa shape index (κ3) is 4.96. The SMILES string of the molecule is CC(C)CNCC(C)C(N)=NO. The minimum Gasteiger partial charge on any atom is -0.409 e. The Hall–Kier alpha value is -0.770. The minimum atomic E-state index is 0.0914. The molecule has 0 aliphatic carbocycles. The topological polar surface area (TPSA) is 70.6 Å². The summed E-state index contributed by atoms with van der Waals surface area (Å²) in [6, 6.07) is 0. The Kier molecular flexibility index (Phi) is 5.45. The fourth-order valence-corrected chi connectivity index (χ4v) is 0.792. The van der Waals surface area contributed by atoms with Crippen LogP contribution in [-0.4, -0.2) is 24.1 Å². The van der Waals surface area contributed by atoms with Crippen molar-refractivity contribution < 1.29 is 5.21 Å². The van der Waals surface area contributed by atoms with Crippen LogP contribution in [0.1, 0.15) is 20.8 Å². The number of hydrogen-bond donors (Lipinski definition) is 3. The number of rotatable bonds is 5. The van der Waals surface area contributed by atoms with Gasteiger partial charge in [-0.25, -0.2) is 0 Å². The van der Waals surface area contributed by atoms with Gasteiger partial charge in [-0.1, -0.05) is 25.9 Å². The fourth-order valence-electron chi connectivity index (χ4n) is 0.792. The highest BCUT2D eigenvalue weighted by Crippen LogP contribution is 1.93. The largest absolute Gasteiger partial charge is 0.409 e. The van der Waals surface area contributed by atoms with Crippen molar-refractivity contribution in [3.63, 3.8) is 0 Å². The Balaban J connectivity index is 3.51. The summed E-state index contributed by atoms with van der Waals surface area (Å²) in [6.07, 6.45) is 0. The second-order valence-electron chi connectivity index (χ2n) is 3.48. The third-order valence-corrected chi connectivity index (χ3v) is 1.62. The summed E-state index contributed by atoms with van der Waals surface area (Å²) in [7, 11) is 0. The van der Waals surface area contributed by atoms with Crippen LogP contribution in [0.5, 0.6) is 0 Å². The molecule has 4 nitrogen and oxygen atoms in total. The van der Waals surface area contributed by atoms with Gasteiger partial charge in [0.2, 0.25) is 0 Å². The van der Waals surface area contributed by atoms with E-state index in [1.54, 1.807) is 0 Å². The zero-order valence-corrected chi connectivity index (χ0v) is 8.04. The van der Waals surface area contributed by atoms with E-state index in [2.05, 4.69) is 24.3 Å². The molecule has 0 heterocycles. The maximum atomic E-state index is 8.35. The molecule has 0 aliphatic rings. The zero-order chi connectivity index (χ0) is 9.56. The van der Waals surface area contributed by atoms with Gasteiger partial charge in [-0.05, 0) is 12.5 Å². The molecule has 12 heavy (non-hydrogen) atoms. The molecule has 0 aliphatic heterocycles. The van der Waals surface area contributed by atoms with Crippen LogP contribution in [0.25, 0.3) is 0 Å². The summed E-state index contributed by atoms with van der Waals surface area (Å²) < 4.78 is 0. The Morgan fingerprint density at radius 2 is 2.00 bits per heavy atom. The number of hydrogen-bond acceptors (Lipinski definition) is 3. The van der Waals surface area contributed by atoms with Gasteiger partial charge in [-0.15, -0.1) is 0 Å². The first-order valence-electron chi connectivity index (χ1n) is 4.26. The van der Waals surface area contributed by atoms with Gasteiger partial charge in [0.05, 0.1) is 0 Å². The van der Waals surface area contributed by atoms with E-state index in [1.807, 2.05) is 6.92 Å². The summed E-state index contributed by atoms with van der Waals surface area (Å²) in [6.45, 7) is 7.92. The predicted octanol–water partition coefficient (Wildman–Crippen LogP) is 0.615. The molecule has 0 saturated heterocycles. The fraction of sp³-hybridized carbons (Fsp3) is 0.875. The molecule has 0 rings (SSSR count). The molecule has 1 atom stereocenters. The van der Waals surface area contributed by atoms with Crippen LogP contribution in [0.2, 0.25) is 0 Å². The van der Waals surface area contributed by atoms with Crippen LogP contribution < -0.4 is 11.1 Å². The van der Waals surface area contributed by atoms with Crippen molar-refractivity contribution in [3.05, 3.63) is 0 Å². The Morgan fingerprint density at radius 1 is 1.42 bits per heavy atom. The van der Waals surface area contributed by atoms with E-state index in [1.165, 1.54) is 0 Å². The van der Waals surface area contributed by atoms with Crippen molar-refractivity contribution in [2.24, 2.45) is 22.7 Å². The number of nitrogens with zero attached hydrogens (tertiary/aromatic N) is 1. The monoisotopic (exact) mass is 173 g/mol. The van der Waals surface area contributed by atoms with Crippen LogP contribution in [0.3, 0.4) is 0 Å². The molecule has 0 aromatic carbocycles. The van der Waals surface area contributed by atoms with Gasteiger partial charge >= 0.3 is 0 Å². The van der Waals surface area contributed by atoms with E-state index >= 15 is 0 Å². The van der Waals surface area contributed by atoms with Crippen LogP contribution in [0, 0.1) is 11.8 Å². The number of amidine groups is 1. The highest BCUT2D eigenvalue weighted by atomic mass is 16.4. The van der Waals surface area contributed by atoms with Gasteiger partial charge in [0.15, 0.2) is 0 Å². The summed E-state index contributed by atoms with van der Waals surface area (Å²) in [5, 5.41) is 14.5. The normalized spacial score (nSPS) is 15.2. The van der Waals surface area contributed by atoms with Crippen LogP contribution >= 0.6 is 0 Å². The van der Waals surface area contributed by atoms with Gasteiger partial charge in [-0.3, -0.25) is 0 Å². The first-order chi connectivity index (χ1) is 5.57. The molecule has 0 amide bonds. The number of oxime groups is 1. The summed E-state index contributed by atoms with van der Waals surface area (Å²) in [4.78, 5) is 0. The molecule has 4 heteroatoms. The van der Waals surface area contributed by atoms with Crippen molar-refractivity contribution in [1.29, 1.82) is 0 Å². The van der Waals surface area contributed by atoms with Crippen molar-refractivity contribution in [1.82, 2.24) is 5.32 Å². The van der Waals surface area contributed by atoms with Crippen LogP contribution in [-0.2, 0) is 0 Å². The highest BCUT2D eigenvalue weighted by molar-refractivity contribution is 5.82. The quantitative estimate of drug-likeness (QED) is 0.247. The smallest absolute Gasteiger partial charge is 0.143 e. The molecule has 1 unspecified atom stereocenters. The maximum Gasteiger partial charge on any atom is 0.143 e. The average molecular weight is 173 g/mol. The van der Waals surface area contributed by atoms with Gasteiger partial charge < -0.3 is 16.3 Å². The van der Waals surface area contributed by atoms with Crippen LogP contribution in [0.15, 0.2) is 5.16 Å². The number of nitrogens with one attached hydrogen (secondary N) is 1.